The number of nitrogens with two attached hydrogens (primary N) is 1. The average Bonchev–Trinajstić information content (AvgIpc) is 2.62. The zero-order valence-electron chi connectivity index (χ0n) is 7.94. The van der Waals surface area contributed by atoms with Gasteiger partial charge in [-0.3, -0.25) is 0 Å². The van der Waals surface area contributed by atoms with Crippen LogP contribution in [0.5, 0.6) is 5.75 Å². The van der Waals surface area contributed by atoms with Gasteiger partial charge in [0.15, 0.2) is 0 Å². The van der Waals surface area contributed by atoms with E-state index in [-0.39, 0.29) is 0 Å². The minimum Gasteiger partial charge on any atom is -0.488 e. The van der Waals surface area contributed by atoms with E-state index in [1.54, 1.807) is 11.3 Å². The lowest BCUT2D eigenvalue weighted by Gasteiger charge is -2.04. The minimum absolute atomic E-state index is 0.583. The number of nitrogen functional groups attached to an aromatic ring is 1. The fourth-order valence-electron chi connectivity index (χ4n) is 1.19. The summed E-state index contributed by atoms with van der Waals surface area (Å²) in [6, 6.07) is 11.5. The van der Waals surface area contributed by atoms with Crippen LogP contribution in [0.4, 0.5) is 5.69 Å². The molecule has 2 nitrogen and oxygen atoms in total. The van der Waals surface area contributed by atoms with Gasteiger partial charge in [0.1, 0.15) is 12.4 Å². The quantitative estimate of drug-likeness (QED) is 0.873. The van der Waals surface area contributed by atoms with Crippen molar-refractivity contribution in [2.45, 2.75) is 6.61 Å². The van der Waals surface area contributed by atoms with Crippen LogP contribution in [0.25, 0.3) is 0 Å². The van der Waals surface area contributed by atoms with Crippen molar-refractivity contribution in [2.24, 2.45) is 0 Å². The Kier molecular flexibility index (Phi) is 3.28. The van der Waals surface area contributed by atoms with E-state index in [0.29, 0.717) is 6.61 Å². The monoisotopic (exact) mass is 283 g/mol. The Bertz CT molecular complexity index is 455. The van der Waals surface area contributed by atoms with E-state index in [0.717, 1.165) is 15.2 Å². The van der Waals surface area contributed by atoms with Gasteiger partial charge in [0.05, 0.1) is 3.79 Å². The van der Waals surface area contributed by atoms with Gasteiger partial charge in [-0.05, 0) is 40.2 Å². The average molecular weight is 284 g/mol. The van der Waals surface area contributed by atoms with Crippen molar-refractivity contribution < 1.29 is 4.74 Å². The van der Waals surface area contributed by atoms with Crippen LogP contribution < -0.4 is 10.5 Å². The molecule has 0 aliphatic heterocycles. The largest absolute Gasteiger partial charge is 0.488 e. The molecule has 0 amide bonds. The predicted molar refractivity (Wildman–Crippen MR) is 67.2 cm³/mol. The van der Waals surface area contributed by atoms with Gasteiger partial charge in [0.25, 0.3) is 0 Å². The second-order valence-electron chi connectivity index (χ2n) is 3.07. The van der Waals surface area contributed by atoms with Gasteiger partial charge >= 0.3 is 0 Å². The van der Waals surface area contributed by atoms with E-state index in [1.165, 1.54) is 4.88 Å². The van der Waals surface area contributed by atoms with Gasteiger partial charge in [-0.2, -0.15) is 0 Å². The van der Waals surface area contributed by atoms with Gasteiger partial charge in [-0.25, -0.2) is 0 Å². The predicted octanol–water partition coefficient (Wildman–Crippen LogP) is 3.67. The standard InChI is InChI=1S/C11H10BrNOS/c12-11-5-4-10(15-11)7-14-9-3-1-2-8(13)6-9/h1-6H,7,13H2. The van der Waals surface area contributed by atoms with Crippen molar-refractivity contribution in [1.82, 2.24) is 0 Å². The smallest absolute Gasteiger partial charge is 0.122 e. The van der Waals surface area contributed by atoms with Gasteiger partial charge in [-0.1, -0.05) is 6.07 Å². The second-order valence-corrected chi connectivity index (χ2v) is 5.61. The molecule has 0 bridgehead atoms. The Labute approximate surface area is 101 Å². The molecule has 0 atom stereocenters. The first-order chi connectivity index (χ1) is 7.24. The summed E-state index contributed by atoms with van der Waals surface area (Å²) in [5.74, 6) is 0.805. The minimum atomic E-state index is 0.583. The summed E-state index contributed by atoms with van der Waals surface area (Å²) in [6.07, 6.45) is 0. The van der Waals surface area contributed by atoms with Gasteiger partial charge in [0, 0.05) is 16.6 Å². The number of hydrogen-bond donors (Lipinski definition) is 1. The molecule has 78 valence electrons. The molecule has 1 heterocycles. The highest BCUT2D eigenvalue weighted by Gasteiger charge is 1.99. The molecule has 0 fully saturated rings. The lowest BCUT2D eigenvalue weighted by atomic mass is 10.3. The molecule has 15 heavy (non-hydrogen) atoms. The molecule has 0 unspecified atom stereocenters. The summed E-state index contributed by atoms with van der Waals surface area (Å²) in [5.41, 5.74) is 6.37. The summed E-state index contributed by atoms with van der Waals surface area (Å²) in [4.78, 5) is 1.18. The van der Waals surface area contributed by atoms with Crippen molar-refractivity contribution in [1.29, 1.82) is 0 Å². The van der Waals surface area contributed by atoms with Crippen LogP contribution in [-0.4, -0.2) is 0 Å². The van der Waals surface area contributed by atoms with Crippen molar-refractivity contribution in [2.75, 3.05) is 5.73 Å². The molecule has 0 aliphatic carbocycles. The van der Waals surface area contributed by atoms with E-state index < -0.39 is 0 Å². The maximum atomic E-state index is 5.65. The van der Waals surface area contributed by atoms with Crippen LogP contribution in [-0.2, 0) is 6.61 Å². The first-order valence-corrected chi connectivity index (χ1v) is 6.07. The van der Waals surface area contributed by atoms with Crippen molar-refractivity contribution in [3.8, 4) is 5.75 Å². The third-order valence-electron chi connectivity index (χ3n) is 1.87. The van der Waals surface area contributed by atoms with E-state index in [9.17, 15) is 0 Å². The fraction of sp³-hybridized carbons (Fsp3) is 0.0909. The van der Waals surface area contributed by atoms with E-state index in [4.69, 9.17) is 10.5 Å². The number of anilines is 1. The Morgan fingerprint density at radius 1 is 1.27 bits per heavy atom. The summed E-state index contributed by atoms with van der Waals surface area (Å²) < 4.78 is 6.71. The number of rotatable bonds is 3. The van der Waals surface area contributed by atoms with E-state index in [1.807, 2.05) is 36.4 Å². The van der Waals surface area contributed by atoms with Gasteiger partial charge in [-0.15, -0.1) is 11.3 Å². The Morgan fingerprint density at radius 3 is 2.80 bits per heavy atom. The zero-order valence-corrected chi connectivity index (χ0v) is 10.3. The molecule has 0 saturated heterocycles. The number of ether oxygens (including phenoxy) is 1. The Balaban J connectivity index is 1.99. The zero-order chi connectivity index (χ0) is 10.7. The van der Waals surface area contributed by atoms with Crippen molar-refractivity contribution in [3.63, 3.8) is 0 Å². The normalized spacial score (nSPS) is 10.2. The molecule has 2 N–H and O–H groups in total. The number of halogens is 1. The summed E-state index contributed by atoms with van der Waals surface area (Å²) >= 11 is 5.08. The van der Waals surface area contributed by atoms with Crippen LogP contribution in [0.3, 0.4) is 0 Å². The van der Waals surface area contributed by atoms with E-state index in [2.05, 4.69) is 15.9 Å². The van der Waals surface area contributed by atoms with Crippen LogP contribution in [0, 0.1) is 0 Å². The molecule has 1 aromatic carbocycles. The van der Waals surface area contributed by atoms with Crippen LogP contribution in [0.2, 0.25) is 0 Å². The molecule has 2 rings (SSSR count). The highest BCUT2D eigenvalue weighted by atomic mass is 79.9. The lowest BCUT2D eigenvalue weighted by Crippen LogP contribution is -1.93. The molecule has 4 heteroatoms. The summed E-state index contributed by atoms with van der Waals surface area (Å²) in [6.45, 7) is 0.583. The second kappa shape index (κ2) is 4.68. The third-order valence-corrected chi connectivity index (χ3v) is 3.47. The van der Waals surface area contributed by atoms with Gasteiger partial charge in [0.2, 0.25) is 0 Å². The molecule has 2 aromatic rings. The maximum Gasteiger partial charge on any atom is 0.122 e. The number of thiophene rings is 1. The topological polar surface area (TPSA) is 35.2 Å². The molecule has 1 aromatic heterocycles. The molecular weight excluding hydrogens is 274 g/mol. The SMILES string of the molecule is Nc1cccc(OCc2ccc(Br)s2)c1. The highest BCUT2D eigenvalue weighted by molar-refractivity contribution is 9.11. The summed E-state index contributed by atoms with van der Waals surface area (Å²) in [5, 5.41) is 0. The highest BCUT2D eigenvalue weighted by Crippen LogP contribution is 2.24. The maximum absolute atomic E-state index is 5.65. The number of hydrogen-bond acceptors (Lipinski definition) is 3. The van der Waals surface area contributed by atoms with Gasteiger partial charge < -0.3 is 10.5 Å². The molecule has 0 radical (unpaired) electrons. The molecule has 0 saturated carbocycles. The fourth-order valence-corrected chi connectivity index (χ4v) is 2.58. The first-order valence-electron chi connectivity index (χ1n) is 4.46. The summed E-state index contributed by atoms with van der Waals surface area (Å²) in [7, 11) is 0. The van der Waals surface area contributed by atoms with Crippen molar-refractivity contribution >= 4 is 33.0 Å². The van der Waals surface area contributed by atoms with Crippen LogP contribution in [0.15, 0.2) is 40.2 Å². The lowest BCUT2D eigenvalue weighted by molar-refractivity contribution is 0.310. The Morgan fingerprint density at radius 2 is 2.13 bits per heavy atom. The Hall–Kier alpha value is -1.000. The molecule has 0 spiro atoms. The van der Waals surface area contributed by atoms with Crippen LogP contribution in [0.1, 0.15) is 4.88 Å². The number of benzene rings is 1. The molecular formula is C11H10BrNOS. The first kappa shape index (κ1) is 10.5. The van der Waals surface area contributed by atoms with E-state index >= 15 is 0 Å². The van der Waals surface area contributed by atoms with Crippen molar-refractivity contribution in [3.05, 3.63) is 45.1 Å². The molecule has 0 aliphatic rings. The third kappa shape index (κ3) is 2.97. The van der Waals surface area contributed by atoms with Crippen LogP contribution >= 0.6 is 27.3 Å².